The van der Waals surface area contributed by atoms with Crippen LogP contribution in [0.4, 0.5) is 0 Å². The van der Waals surface area contributed by atoms with Crippen molar-refractivity contribution in [3.8, 4) is 11.4 Å². The van der Waals surface area contributed by atoms with Gasteiger partial charge in [0.25, 0.3) is 0 Å². The minimum atomic E-state index is 0.746. The first-order valence-electron chi connectivity index (χ1n) is 18.1. The van der Waals surface area contributed by atoms with Gasteiger partial charge in [0.2, 0.25) is 0 Å². The molecule has 0 unspecified atom stereocenters. The Kier molecular flexibility index (Phi) is 19.9. The number of thiophene rings is 2. The molecule has 6 aromatic rings. The average molecular weight is 802 g/mol. The Bertz CT molecular complexity index is 2350. The normalized spacial score (nSPS) is 9.96. The fourth-order valence-electron chi connectivity index (χ4n) is 4.90. The number of fused-ring (bicyclic) bond motifs is 4. The van der Waals surface area contributed by atoms with Gasteiger partial charge in [-0.1, -0.05) is 155 Å². The Balaban J connectivity index is 0.000000940. The molecule has 4 heterocycles. The molecule has 284 valence electrons. The van der Waals surface area contributed by atoms with Crippen molar-refractivity contribution >= 4 is 72.0 Å². The van der Waals surface area contributed by atoms with E-state index in [0.29, 0.717) is 0 Å². The summed E-state index contributed by atoms with van der Waals surface area (Å²) >= 11 is 9.98. The molecule has 0 radical (unpaired) electrons. The first-order valence-corrected chi connectivity index (χ1v) is 20.9. The van der Waals surface area contributed by atoms with Gasteiger partial charge in [-0.2, -0.15) is 0 Å². The summed E-state index contributed by atoms with van der Waals surface area (Å²) in [5, 5.41) is 0.746. The third-order valence-electron chi connectivity index (χ3n) is 7.18. The van der Waals surface area contributed by atoms with Crippen LogP contribution in [0.15, 0.2) is 195 Å². The van der Waals surface area contributed by atoms with E-state index < -0.39 is 0 Å². The molecule has 0 amide bonds. The number of allylic oxidation sites excluding steroid dienone is 4. The van der Waals surface area contributed by atoms with E-state index in [4.69, 9.17) is 17.6 Å². The van der Waals surface area contributed by atoms with Crippen LogP contribution >= 0.6 is 47.0 Å². The van der Waals surface area contributed by atoms with E-state index >= 15 is 0 Å². The van der Waals surface area contributed by atoms with Crippen LogP contribution in [-0.2, 0) is 0 Å². The van der Waals surface area contributed by atoms with Gasteiger partial charge in [-0.05, 0) is 85.3 Å². The van der Waals surface area contributed by atoms with Crippen molar-refractivity contribution in [3.05, 3.63) is 201 Å². The molecule has 0 atom stereocenters. The maximum absolute atomic E-state index is 5.04. The van der Waals surface area contributed by atoms with Crippen molar-refractivity contribution in [1.82, 2.24) is 22.4 Å². The number of thiol groups is 1. The lowest BCUT2D eigenvalue weighted by Crippen LogP contribution is -2.04. The number of nitrogens with one attached hydrogen (secondary N) is 1. The number of H-pyrrole nitrogens is 1. The summed E-state index contributed by atoms with van der Waals surface area (Å²) in [6.07, 6.45) is 10.8. The summed E-state index contributed by atoms with van der Waals surface area (Å²) in [5.74, 6) is 0. The quantitative estimate of drug-likeness (QED) is 0.128. The molecule has 6 rings (SSSR count). The average Bonchev–Trinajstić information content (AvgIpc) is 3.92. The number of nitrogens with zero attached hydrogens (tertiary/aromatic N) is 4. The van der Waals surface area contributed by atoms with Crippen LogP contribution in [-0.4, -0.2) is 22.4 Å². The van der Waals surface area contributed by atoms with Crippen molar-refractivity contribution in [1.29, 1.82) is 0 Å². The monoisotopic (exact) mass is 801 g/mol. The summed E-state index contributed by atoms with van der Waals surface area (Å²) in [5.41, 5.74) is 4.96. The molecule has 1 N–H and O–H groups in total. The predicted octanol–water partition coefficient (Wildman–Crippen LogP) is 14.9. The molecule has 0 aliphatic rings. The number of para-hydroxylation sites is 2. The first kappa shape index (κ1) is 44.1. The van der Waals surface area contributed by atoms with Crippen molar-refractivity contribution in [3.63, 3.8) is 0 Å². The van der Waals surface area contributed by atoms with Crippen LogP contribution in [0.5, 0.6) is 0 Å². The lowest BCUT2D eigenvalue weighted by molar-refractivity contribution is 0.988. The summed E-state index contributed by atoms with van der Waals surface area (Å²) in [7, 11) is 0. The second kappa shape index (κ2) is 24.9. The van der Waals surface area contributed by atoms with Crippen LogP contribution in [0.2, 0.25) is 0 Å². The van der Waals surface area contributed by atoms with Crippen LogP contribution in [0.3, 0.4) is 0 Å². The molecule has 55 heavy (non-hydrogen) atoms. The number of benzene rings is 2. The number of aryl methyl sites for hydroxylation is 1. The number of pyridine rings is 1. The van der Waals surface area contributed by atoms with E-state index in [1.807, 2.05) is 101 Å². The van der Waals surface area contributed by atoms with Gasteiger partial charge in [0.15, 0.2) is 0 Å². The molecule has 9 heteroatoms. The highest BCUT2D eigenvalue weighted by Crippen LogP contribution is 2.32. The third kappa shape index (κ3) is 12.6. The molecule has 0 aliphatic carbocycles. The third-order valence-corrected chi connectivity index (χ3v) is 10.6. The zero-order valence-corrected chi connectivity index (χ0v) is 35.6. The molecule has 4 bridgehead atoms. The van der Waals surface area contributed by atoms with Crippen LogP contribution in [0, 0.1) is 6.92 Å². The molecule has 0 fully saturated rings. The maximum atomic E-state index is 5.04. The minimum Gasteiger partial charge on any atom is -0.304 e. The molecule has 0 saturated carbocycles. The smallest absolute Gasteiger partial charge is 0.113 e. The Morgan fingerprint density at radius 3 is 1.76 bits per heavy atom. The van der Waals surface area contributed by atoms with Gasteiger partial charge in [-0.3, -0.25) is 14.1 Å². The zero-order valence-electron chi connectivity index (χ0n) is 32.2. The highest BCUT2D eigenvalue weighted by atomic mass is 32.1. The Hall–Kier alpha value is -5.32. The van der Waals surface area contributed by atoms with Gasteiger partial charge >= 0.3 is 0 Å². The van der Waals surface area contributed by atoms with Crippen molar-refractivity contribution in [2.24, 2.45) is 0 Å². The predicted molar refractivity (Wildman–Crippen MR) is 249 cm³/mol. The van der Waals surface area contributed by atoms with E-state index in [9.17, 15) is 0 Å². The molecule has 2 aromatic carbocycles. The lowest BCUT2D eigenvalue weighted by atomic mass is 10.1. The van der Waals surface area contributed by atoms with E-state index in [2.05, 4.69) is 123 Å². The Labute approximate surface area is 344 Å². The SMILES string of the molecule is C=C/C=C(\c1ncccc1C)n1c(S)ccccccc[nH]sn(-c2ccccc2)c2ccc(s2)n(-c2ccccc2)c2ccc1s2.C=CC=C.CC.CC. The highest BCUT2D eigenvalue weighted by molar-refractivity contribution is 7.80. The van der Waals surface area contributed by atoms with Crippen molar-refractivity contribution in [2.45, 2.75) is 39.6 Å². The largest absolute Gasteiger partial charge is 0.304 e. The maximum Gasteiger partial charge on any atom is 0.113 e. The van der Waals surface area contributed by atoms with Gasteiger partial charge in [-0.15, -0.1) is 12.6 Å². The van der Waals surface area contributed by atoms with Crippen LogP contribution < -0.4 is 0 Å². The van der Waals surface area contributed by atoms with Crippen LogP contribution in [0.25, 0.3) is 36.4 Å². The van der Waals surface area contributed by atoms with E-state index in [1.54, 1.807) is 40.9 Å². The minimum absolute atomic E-state index is 0.746. The zero-order chi connectivity index (χ0) is 39.8. The molecule has 4 aromatic heterocycles. The van der Waals surface area contributed by atoms with E-state index in [0.717, 1.165) is 52.7 Å². The van der Waals surface area contributed by atoms with Gasteiger partial charge < -0.3 is 4.37 Å². The molecule has 0 spiro atoms. The molecular formula is C46H51N5S4. The number of rotatable bonds is 6. The van der Waals surface area contributed by atoms with E-state index in [1.165, 1.54) is 11.7 Å². The summed E-state index contributed by atoms with van der Waals surface area (Å²) < 4.78 is 10.0. The lowest BCUT2D eigenvalue weighted by Gasteiger charge is -2.15. The highest BCUT2D eigenvalue weighted by Gasteiger charge is 2.13. The second-order valence-electron chi connectivity index (χ2n) is 10.7. The first-order chi connectivity index (χ1) is 27.0. The summed E-state index contributed by atoms with van der Waals surface area (Å²) in [4.78, 5) is 9.02. The molecule has 0 saturated heterocycles. The molecule has 5 nitrogen and oxygen atoms in total. The topological polar surface area (TPSA) is 43.5 Å². The summed E-state index contributed by atoms with van der Waals surface area (Å²) in [6, 6.07) is 45.5. The van der Waals surface area contributed by atoms with E-state index in [-0.39, 0.29) is 0 Å². The van der Waals surface area contributed by atoms with Gasteiger partial charge in [0.1, 0.15) is 19.3 Å². The number of aromatic nitrogens is 5. The molecular weight excluding hydrogens is 751 g/mol. The Morgan fingerprint density at radius 2 is 1.15 bits per heavy atom. The van der Waals surface area contributed by atoms with Gasteiger partial charge in [0, 0.05) is 29.8 Å². The second-order valence-corrected chi connectivity index (χ2v) is 14.0. The summed E-state index contributed by atoms with van der Waals surface area (Å²) in [6.45, 7) is 20.8. The van der Waals surface area contributed by atoms with Gasteiger partial charge in [-0.25, -0.2) is 3.96 Å². The fraction of sp³-hybridized carbons (Fsp3) is 0.109. The standard InChI is InChI=1S/C38H33N5S4.C4H6.2C2H6/c1-3-16-32(38-29(2)17-15-27-39-38)42-33(44)22-13-5-4-6-14-28-40-47-43(31-20-11-8-12-21-31)37-26-25-35(46-37)41(30-18-9-7-10-19-30)34-23-24-36(42)45-34;1-3-4-2;2*1-2/h3-28,40,44H,1H2,2H3;3-4H,1-2H2;2*1-2H3/b6-4?,13-5?,28-14?,32-16+,33-22?;;;. The van der Waals surface area contributed by atoms with Crippen LogP contribution in [0.1, 0.15) is 39.0 Å². The van der Waals surface area contributed by atoms with Crippen molar-refractivity contribution in [2.75, 3.05) is 0 Å². The number of hydrogen-bond acceptors (Lipinski definition) is 5. The molecule has 0 aliphatic heterocycles. The number of aromatic amines is 1. The number of hydrogen-bond donors (Lipinski definition) is 2. The van der Waals surface area contributed by atoms with Gasteiger partial charge in [0.05, 0.1) is 22.1 Å². The van der Waals surface area contributed by atoms with Crippen molar-refractivity contribution < 1.29 is 0 Å². The fourth-order valence-corrected chi connectivity index (χ4v) is 8.21. The Morgan fingerprint density at radius 1 is 0.618 bits per heavy atom.